The summed E-state index contributed by atoms with van der Waals surface area (Å²) in [5, 5.41) is 53.2. The predicted octanol–water partition coefficient (Wildman–Crippen LogP) is -4.63. The SMILES string of the molecule is CCC(C)C(NC(=O)C(Cc1ccc(O)cc1)NC(=O)CNC(=O)C1CCCN1C(=O)C(CC(=O)O)NC(=O)C(N)CS)C(=O)NC(CO)C(=O)NC(CCCN=C(N)N)C(=O)O. The average molecular weight is 910 g/mol. The van der Waals surface area contributed by atoms with Crippen molar-refractivity contribution in [1.82, 2.24) is 36.8 Å². The standard InChI is InChI=1S/C38H59N11O13S/c1-3-19(2)30(35(59)47-26(17-50)33(57)45-23(37(61)62)6-4-12-42-38(40)41)48-32(56)24(14-20-8-10-21(51)11-9-20)44-28(52)16-43-34(58)27-7-5-13-49(27)36(60)25(15-29(53)54)46-31(55)22(39)18-63/h8-11,19,22-27,30,50-51,63H,3-7,12-18,39H2,1-2H3,(H,43,58)(H,44,52)(H,45,57)(H,46,55)(H,47,59)(H,48,56)(H,53,54)(H,61,62)(H4,40,41,42). The molecule has 0 aliphatic carbocycles. The van der Waals surface area contributed by atoms with E-state index in [0.717, 1.165) is 4.90 Å². The number of amides is 7. The van der Waals surface area contributed by atoms with Gasteiger partial charge in [0.1, 0.15) is 42.0 Å². The summed E-state index contributed by atoms with van der Waals surface area (Å²) in [6.45, 7) is 1.81. The second-order valence-electron chi connectivity index (χ2n) is 14.8. The molecule has 25 heteroatoms. The van der Waals surface area contributed by atoms with Gasteiger partial charge in [0.25, 0.3) is 0 Å². The number of carboxylic acids is 2. The fraction of sp³-hybridized carbons (Fsp3) is 0.579. The van der Waals surface area contributed by atoms with Crippen LogP contribution in [0.1, 0.15) is 57.9 Å². The highest BCUT2D eigenvalue weighted by Crippen LogP contribution is 2.20. The summed E-state index contributed by atoms with van der Waals surface area (Å²) < 4.78 is 0. The van der Waals surface area contributed by atoms with Crippen LogP contribution in [-0.4, -0.2) is 159 Å². The number of aliphatic hydroxyl groups is 1. The Balaban J connectivity index is 2.22. The molecule has 1 aliphatic rings. The molecule has 1 fully saturated rings. The first-order chi connectivity index (χ1) is 29.7. The Bertz CT molecular complexity index is 1820. The molecule has 0 radical (unpaired) electrons. The van der Waals surface area contributed by atoms with Crippen LogP contribution in [0.2, 0.25) is 0 Å². The summed E-state index contributed by atoms with van der Waals surface area (Å²) in [4.78, 5) is 121. The minimum absolute atomic E-state index is 0.0436. The van der Waals surface area contributed by atoms with Gasteiger partial charge >= 0.3 is 11.9 Å². The summed E-state index contributed by atoms with van der Waals surface area (Å²) in [6, 6.07) is -3.99. The Hall–Kier alpha value is -6.21. The summed E-state index contributed by atoms with van der Waals surface area (Å²) >= 11 is 3.94. The molecule has 1 saturated heterocycles. The number of likely N-dealkylation sites (tertiary alicyclic amines) is 1. The number of nitrogens with one attached hydrogen (secondary N) is 6. The highest BCUT2D eigenvalue weighted by molar-refractivity contribution is 7.80. The molecule has 0 saturated carbocycles. The van der Waals surface area contributed by atoms with Crippen molar-refractivity contribution in [1.29, 1.82) is 0 Å². The van der Waals surface area contributed by atoms with Crippen LogP contribution in [-0.2, 0) is 49.6 Å². The van der Waals surface area contributed by atoms with Crippen molar-refractivity contribution >= 4 is 71.9 Å². The van der Waals surface area contributed by atoms with Crippen LogP contribution in [0.15, 0.2) is 29.3 Å². The number of carbonyl (C=O) groups excluding carboxylic acids is 7. The lowest BCUT2D eigenvalue weighted by Gasteiger charge is -2.29. The first-order valence-electron chi connectivity index (χ1n) is 20.1. The first-order valence-corrected chi connectivity index (χ1v) is 20.7. The largest absolute Gasteiger partial charge is 0.508 e. The maximum Gasteiger partial charge on any atom is 0.326 e. The number of hydrogen-bond donors (Lipinski definition) is 14. The third-order valence-electron chi connectivity index (χ3n) is 9.99. The minimum Gasteiger partial charge on any atom is -0.508 e. The normalized spacial score (nSPS) is 16.7. The molecule has 16 N–H and O–H groups in total. The smallest absolute Gasteiger partial charge is 0.326 e. The van der Waals surface area contributed by atoms with Crippen LogP contribution in [0.3, 0.4) is 0 Å². The lowest BCUT2D eigenvalue weighted by molar-refractivity contribution is -0.146. The van der Waals surface area contributed by atoms with Crippen LogP contribution >= 0.6 is 12.6 Å². The Labute approximate surface area is 368 Å². The second-order valence-corrected chi connectivity index (χ2v) is 15.2. The van der Waals surface area contributed by atoms with Gasteiger partial charge in [0.2, 0.25) is 41.4 Å². The molecule has 0 aromatic heterocycles. The second kappa shape index (κ2) is 26.3. The molecule has 1 aromatic rings. The van der Waals surface area contributed by atoms with Crippen LogP contribution < -0.4 is 49.1 Å². The van der Waals surface area contributed by atoms with Gasteiger partial charge in [0.05, 0.1) is 25.6 Å². The number of carboxylic acid groups (broad SMARTS) is 2. The van der Waals surface area contributed by atoms with E-state index in [1.165, 1.54) is 24.3 Å². The van der Waals surface area contributed by atoms with Crippen molar-refractivity contribution in [2.75, 3.05) is 32.0 Å². The average Bonchev–Trinajstić information content (AvgIpc) is 3.74. The van der Waals surface area contributed by atoms with E-state index in [9.17, 15) is 63.6 Å². The molecule has 0 spiro atoms. The molecule has 7 amide bonds. The molecule has 8 atom stereocenters. The van der Waals surface area contributed by atoms with Crippen LogP contribution in [0, 0.1) is 5.92 Å². The predicted molar refractivity (Wildman–Crippen MR) is 227 cm³/mol. The van der Waals surface area contributed by atoms with Gasteiger partial charge in [-0.05, 0) is 49.3 Å². The Morgan fingerprint density at radius 3 is 2.06 bits per heavy atom. The molecular formula is C38H59N11O13S. The summed E-state index contributed by atoms with van der Waals surface area (Å²) in [5.74, 6) is -9.90. The fourth-order valence-electron chi connectivity index (χ4n) is 6.29. The van der Waals surface area contributed by atoms with Gasteiger partial charge < -0.3 is 74.4 Å². The van der Waals surface area contributed by atoms with Crippen molar-refractivity contribution in [2.24, 2.45) is 28.1 Å². The number of aromatic hydroxyl groups is 1. The van der Waals surface area contributed by atoms with E-state index in [2.05, 4.69) is 49.5 Å². The Morgan fingerprint density at radius 2 is 1.49 bits per heavy atom. The molecule has 1 heterocycles. The Morgan fingerprint density at radius 1 is 0.873 bits per heavy atom. The quantitative estimate of drug-likeness (QED) is 0.0180. The number of thiol groups is 1. The van der Waals surface area contributed by atoms with Crippen molar-refractivity contribution in [3.8, 4) is 5.75 Å². The molecule has 1 aliphatic heterocycles. The highest BCUT2D eigenvalue weighted by Gasteiger charge is 2.39. The monoisotopic (exact) mass is 909 g/mol. The number of benzene rings is 1. The molecule has 1 aromatic carbocycles. The van der Waals surface area contributed by atoms with E-state index in [0.29, 0.717) is 18.4 Å². The van der Waals surface area contributed by atoms with E-state index in [1.807, 2.05) is 0 Å². The van der Waals surface area contributed by atoms with E-state index < -0.39 is 121 Å². The topological polar surface area (TPSA) is 400 Å². The van der Waals surface area contributed by atoms with E-state index in [1.54, 1.807) is 13.8 Å². The summed E-state index contributed by atoms with van der Waals surface area (Å²) in [5.41, 5.74) is 16.7. The van der Waals surface area contributed by atoms with Crippen molar-refractivity contribution < 1.29 is 63.6 Å². The maximum atomic E-state index is 13.9. The molecule has 0 bridgehead atoms. The van der Waals surface area contributed by atoms with Crippen LogP contribution in [0.25, 0.3) is 0 Å². The zero-order valence-corrected chi connectivity index (χ0v) is 35.8. The number of phenols is 1. The minimum atomic E-state index is -1.64. The highest BCUT2D eigenvalue weighted by atomic mass is 32.1. The van der Waals surface area contributed by atoms with Crippen LogP contribution in [0.4, 0.5) is 0 Å². The third-order valence-corrected chi connectivity index (χ3v) is 10.4. The van der Waals surface area contributed by atoms with E-state index in [4.69, 9.17) is 17.2 Å². The Kier molecular flexibility index (Phi) is 22.1. The number of hydrogen-bond acceptors (Lipinski definition) is 14. The lowest BCUT2D eigenvalue weighted by atomic mass is 9.96. The summed E-state index contributed by atoms with van der Waals surface area (Å²) in [6.07, 6.45) is -0.0830. The van der Waals surface area contributed by atoms with Gasteiger partial charge in [-0.2, -0.15) is 12.6 Å². The van der Waals surface area contributed by atoms with Crippen LogP contribution in [0.5, 0.6) is 5.75 Å². The molecule has 2 rings (SSSR count). The zero-order chi connectivity index (χ0) is 47.4. The van der Waals surface area contributed by atoms with E-state index in [-0.39, 0.29) is 56.2 Å². The molecule has 8 unspecified atom stereocenters. The molecule has 350 valence electrons. The van der Waals surface area contributed by atoms with Crippen molar-refractivity contribution in [2.45, 2.75) is 101 Å². The maximum absolute atomic E-state index is 13.9. The van der Waals surface area contributed by atoms with Crippen molar-refractivity contribution in [3.63, 3.8) is 0 Å². The number of aliphatic carboxylic acids is 2. The fourth-order valence-corrected chi connectivity index (χ4v) is 6.46. The van der Waals surface area contributed by atoms with Gasteiger partial charge in [0.15, 0.2) is 5.96 Å². The number of phenolic OH excluding ortho intramolecular Hbond substituents is 1. The molecular weight excluding hydrogens is 851 g/mol. The van der Waals surface area contributed by atoms with Gasteiger partial charge in [-0.15, -0.1) is 0 Å². The number of nitrogens with two attached hydrogens (primary N) is 3. The first kappa shape index (κ1) is 52.9. The molecule has 63 heavy (non-hydrogen) atoms. The van der Waals surface area contributed by atoms with Gasteiger partial charge in [-0.25, -0.2) is 4.79 Å². The number of carbonyl (C=O) groups is 9. The number of nitrogens with zero attached hydrogens (tertiary/aromatic N) is 2. The molecule has 24 nitrogen and oxygen atoms in total. The number of guanidine groups is 1. The van der Waals surface area contributed by atoms with Crippen molar-refractivity contribution in [3.05, 3.63) is 29.8 Å². The van der Waals surface area contributed by atoms with Gasteiger partial charge in [0, 0.05) is 25.3 Å². The number of rotatable bonds is 26. The van der Waals surface area contributed by atoms with E-state index >= 15 is 0 Å². The zero-order valence-electron chi connectivity index (χ0n) is 35.0. The lowest BCUT2D eigenvalue weighted by Crippen LogP contribution is -2.60. The van der Waals surface area contributed by atoms with Gasteiger partial charge in [-0.3, -0.25) is 43.3 Å². The number of aliphatic hydroxyl groups excluding tert-OH is 1. The number of aliphatic imine (C=N–C) groups is 1. The summed E-state index contributed by atoms with van der Waals surface area (Å²) in [7, 11) is 0. The van der Waals surface area contributed by atoms with Gasteiger partial charge in [-0.1, -0.05) is 32.4 Å². The third kappa shape index (κ3) is 17.6.